The van der Waals surface area contributed by atoms with Gasteiger partial charge in [0, 0.05) is 36.8 Å². The number of nitrogens with zero attached hydrogens (tertiary/aromatic N) is 4. The molecule has 6 nitrogen and oxygen atoms in total. The van der Waals surface area contributed by atoms with E-state index >= 15 is 0 Å². The van der Waals surface area contributed by atoms with Gasteiger partial charge in [0.05, 0.1) is 17.9 Å². The number of halogens is 1. The number of rotatable bonds is 4. The molecule has 31 heavy (non-hydrogen) atoms. The summed E-state index contributed by atoms with van der Waals surface area (Å²) >= 11 is 0. The third-order valence-corrected chi connectivity index (χ3v) is 5.65. The van der Waals surface area contributed by atoms with Gasteiger partial charge in [-0.15, -0.1) is 0 Å². The van der Waals surface area contributed by atoms with Crippen molar-refractivity contribution in [3.63, 3.8) is 0 Å². The molecule has 1 aliphatic rings. The highest BCUT2D eigenvalue weighted by Crippen LogP contribution is 2.30. The molecule has 0 saturated carbocycles. The largest absolute Gasteiger partial charge is 0.389 e. The third kappa shape index (κ3) is 4.60. The topological polar surface area (TPSA) is 70.7 Å². The maximum atomic E-state index is 13.9. The molecule has 2 aromatic carbocycles. The van der Waals surface area contributed by atoms with Crippen molar-refractivity contribution in [3.8, 4) is 11.3 Å². The van der Waals surface area contributed by atoms with Crippen LogP contribution in [0.1, 0.15) is 28.8 Å². The van der Waals surface area contributed by atoms with E-state index in [1.165, 1.54) is 24.5 Å². The average molecular weight is 416 g/mol. The average Bonchev–Trinajstić information content (AvgIpc) is 2.80. The van der Waals surface area contributed by atoms with E-state index in [0.29, 0.717) is 54.9 Å². The number of carbonyl (C=O) groups excluding carboxylic acids is 1. The highest BCUT2D eigenvalue weighted by molar-refractivity contribution is 6.00. The lowest BCUT2D eigenvalue weighted by Gasteiger charge is -2.38. The number of carbonyl (C=O) groups is 1. The predicted octanol–water partition coefficient (Wildman–Crippen LogP) is 4.04. The number of amides is 1. The van der Waals surface area contributed by atoms with E-state index in [-0.39, 0.29) is 5.91 Å². The standard InChI is InChI=1S/C24H21FN4O2/c1-26-19-5-2-17(3-6-19)15-24(31)9-12-29(13-10-24)23(30)20-7-4-18(25)14-21(20)22-8-11-27-16-28-22/h2-8,11,14,16,31H,9-10,12-13,15H2. The van der Waals surface area contributed by atoms with Crippen LogP contribution in [0, 0.1) is 12.4 Å². The zero-order valence-corrected chi connectivity index (χ0v) is 16.8. The number of hydrogen-bond donors (Lipinski definition) is 1. The number of hydrogen-bond acceptors (Lipinski definition) is 4. The van der Waals surface area contributed by atoms with Crippen molar-refractivity contribution >= 4 is 11.6 Å². The summed E-state index contributed by atoms with van der Waals surface area (Å²) in [5.41, 5.74) is 1.89. The molecular formula is C24H21FN4O2. The first-order valence-electron chi connectivity index (χ1n) is 10.0. The molecule has 3 aromatic rings. The van der Waals surface area contributed by atoms with E-state index in [9.17, 15) is 14.3 Å². The van der Waals surface area contributed by atoms with E-state index in [1.54, 1.807) is 29.3 Å². The maximum absolute atomic E-state index is 13.9. The molecule has 1 N–H and O–H groups in total. The van der Waals surface area contributed by atoms with Gasteiger partial charge in [0.2, 0.25) is 0 Å². The van der Waals surface area contributed by atoms with Crippen LogP contribution in [0.25, 0.3) is 16.1 Å². The van der Waals surface area contributed by atoms with Gasteiger partial charge < -0.3 is 10.0 Å². The van der Waals surface area contributed by atoms with Crippen molar-refractivity contribution in [1.29, 1.82) is 0 Å². The van der Waals surface area contributed by atoms with Crippen LogP contribution in [0.4, 0.5) is 10.1 Å². The fourth-order valence-corrected chi connectivity index (χ4v) is 3.91. The molecule has 0 atom stereocenters. The van der Waals surface area contributed by atoms with Crippen LogP contribution in [0.5, 0.6) is 0 Å². The van der Waals surface area contributed by atoms with E-state index in [4.69, 9.17) is 6.57 Å². The van der Waals surface area contributed by atoms with E-state index < -0.39 is 11.4 Å². The lowest BCUT2D eigenvalue weighted by Crippen LogP contribution is -2.47. The Hall–Kier alpha value is -3.63. The molecular weight excluding hydrogens is 395 g/mol. The Bertz CT molecular complexity index is 1120. The highest BCUT2D eigenvalue weighted by atomic mass is 19.1. The molecule has 1 amide bonds. The maximum Gasteiger partial charge on any atom is 0.254 e. The number of aliphatic hydroxyl groups is 1. The number of piperidine rings is 1. The van der Waals surface area contributed by atoms with Gasteiger partial charge in [-0.05, 0) is 42.7 Å². The molecule has 1 fully saturated rings. The third-order valence-electron chi connectivity index (χ3n) is 5.65. The van der Waals surface area contributed by atoms with Gasteiger partial charge >= 0.3 is 0 Å². The van der Waals surface area contributed by atoms with Gasteiger partial charge in [-0.2, -0.15) is 0 Å². The van der Waals surface area contributed by atoms with E-state index in [0.717, 1.165) is 5.56 Å². The highest BCUT2D eigenvalue weighted by Gasteiger charge is 2.34. The monoisotopic (exact) mass is 416 g/mol. The van der Waals surface area contributed by atoms with Gasteiger partial charge in [0.15, 0.2) is 5.69 Å². The predicted molar refractivity (Wildman–Crippen MR) is 114 cm³/mol. The molecule has 156 valence electrons. The quantitative estimate of drug-likeness (QED) is 0.652. The van der Waals surface area contributed by atoms with Gasteiger partial charge in [-0.3, -0.25) is 4.79 Å². The van der Waals surface area contributed by atoms with E-state index in [1.807, 2.05) is 12.1 Å². The Labute approximate surface area is 179 Å². The zero-order chi connectivity index (χ0) is 21.8. The Kier molecular flexibility index (Phi) is 5.74. The molecule has 1 aromatic heterocycles. The summed E-state index contributed by atoms with van der Waals surface area (Å²) in [4.78, 5) is 26.3. The fraction of sp³-hybridized carbons (Fsp3) is 0.250. The lowest BCUT2D eigenvalue weighted by molar-refractivity contribution is -0.0162. The molecule has 0 bridgehead atoms. The van der Waals surface area contributed by atoms with Crippen molar-refractivity contribution in [2.24, 2.45) is 0 Å². The van der Waals surface area contributed by atoms with Crippen LogP contribution in [0.3, 0.4) is 0 Å². The summed E-state index contributed by atoms with van der Waals surface area (Å²) in [6.07, 6.45) is 4.25. The Morgan fingerprint density at radius 2 is 1.90 bits per heavy atom. The molecule has 0 radical (unpaired) electrons. The number of benzene rings is 2. The molecule has 1 aliphatic heterocycles. The Morgan fingerprint density at radius 3 is 2.55 bits per heavy atom. The minimum absolute atomic E-state index is 0.211. The number of likely N-dealkylation sites (tertiary alicyclic amines) is 1. The summed E-state index contributed by atoms with van der Waals surface area (Å²) in [5.74, 6) is -0.653. The van der Waals surface area contributed by atoms with Crippen LogP contribution < -0.4 is 0 Å². The second-order valence-corrected chi connectivity index (χ2v) is 7.76. The summed E-state index contributed by atoms with van der Waals surface area (Å²) in [7, 11) is 0. The fourth-order valence-electron chi connectivity index (χ4n) is 3.91. The molecule has 0 spiro atoms. The van der Waals surface area contributed by atoms with Crippen molar-refractivity contribution < 1.29 is 14.3 Å². The Balaban J connectivity index is 1.48. The molecule has 0 aliphatic carbocycles. The second-order valence-electron chi connectivity index (χ2n) is 7.76. The van der Waals surface area contributed by atoms with Crippen LogP contribution in [-0.2, 0) is 6.42 Å². The minimum atomic E-state index is -0.908. The van der Waals surface area contributed by atoms with Crippen LogP contribution in [-0.4, -0.2) is 44.6 Å². The normalized spacial score (nSPS) is 15.3. The summed E-state index contributed by atoms with van der Waals surface area (Å²) in [5, 5.41) is 11.0. The SMILES string of the molecule is [C-]#[N+]c1ccc(CC2(O)CCN(C(=O)c3ccc(F)cc3-c3ccncn3)CC2)cc1. The first kappa shape index (κ1) is 20.6. The van der Waals surface area contributed by atoms with Crippen molar-refractivity contribution in [3.05, 3.63) is 89.4 Å². The molecule has 0 unspecified atom stereocenters. The zero-order valence-electron chi connectivity index (χ0n) is 16.8. The smallest absolute Gasteiger partial charge is 0.254 e. The van der Waals surface area contributed by atoms with Crippen molar-refractivity contribution in [2.75, 3.05) is 13.1 Å². The van der Waals surface area contributed by atoms with Gasteiger partial charge in [0.1, 0.15) is 12.1 Å². The molecule has 1 saturated heterocycles. The minimum Gasteiger partial charge on any atom is -0.389 e. The van der Waals surface area contributed by atoms with Gasteiger partial charge in [0.25, 0.3) is 5.91 Å². The second kappa shape index (κ2) is 8.62. The lowest BCUT2D eigenvalue weighted by atomic mass is 9.85. The Morgan fingerprint density at radius 1 is 1.16 bits per heavy atom. The van der Waals surface area contributed by atoms with Crippen molar-refractivity contribution in [1.82, 2.24) is 14.9 Å². The van der Waals surface area contributed by atoms with Crippen LogP contribution in [0.2, 0.25) is 0 Å². The van der Waals surface area contributed by atoms with Crippen molar-refractivity contribution in [2.45, 2.75) is 24.9 Å². The summed E-state index contributed by atoms with van der Waals surface area (Å²) in [6, 6.07) is 12.9. The molecule has 2 heterocycles. The van der Waals surface area contributed by atoms with Gasteiger partial charge in [-0.1, -0.05) is 24.3 Å². The van der Waals surface area contributed by atoms with Gasteiger partial charge in [-0.25, -0.2) is 19.2 Å². The molecule has 7 heteroatoms. The van der Waals surface area contributed by atoms with Crippen LogP contribution in [0.15, 0.2) is 61.1 Å². The number of aromatic nitrogens is 2. The first-order valence-corrected chi connectivity index (χ1v) is 10.0. The summed E-state index contributed by atoms with van der Waals surface area (Å²) in [6.45, 7) is 7.83. The summed E-state index contributed by atoms with van der Waals surface area (Å²) < 4.78 is 13.9. The van der Waals surface area contributed by atoms with E-state index in [2.05, 4.69) is 14.8 Å². The van der Waals surface area contributed by atoms with Crippen LogP contribution >= 0.6 is 0 Å². The molecule has 4 rings (SSSR count). The first-order chi connectivity index (χ1) is 15.0.